The van der Waals surface area contributed by atoms with Gasteiger partial charge in [0.1, 0.15) is 11.5 Å². The Morgan fingerprint density at radius 3 is 1.96 bits per heavy atom. The molecule has 0 saturated carbocycles. The predicted octanol–water partition coefficient (Wildman–Crippen LogP) is 2.54. The zero-order chi connectivity index (χ0) is 19.7. The highest BCUT2D eigenvalue weighted by atomic mass is 16.5. The van der Waals surface area contributed by atoms with Gasteiger partial charge in [-0.1, -0.05) is 24.3 Å². The summed E-state index contributed by atoms with van der Waals surface area (Å²) in [7, 11) is 3.24. The molecule has 0 radical (unpaired) electrons. The molecular weight excluding hydrogens is 344 g/mol. The normalized spacial score (nSPS) is 12.7. The van der Waals surface area contributed by atoms with Crippen LogP contribution in [0, 0.1) is 0 Å². The van der Waals surface area contributed by atoms with E-state index in [2.05, 4.69) is 10.6 Å². The summed E-state index contributed by atoms with van der Waals surface area (Å²) in [6, 6.07) is 15.0. The van der Waals surface area contributed by atoms with E-state index in [4.69, 9.17) is 9.47 Å². The van der Waals surface area contributed by atoms with Crippen LogP contribution in [0.5, 0.6) is 11.5 Å². The van der Waals surface area contributed by atoms with Crippen molar-refractivity contribution in [1.82, 2.24) is 10.6 Å². The summed E-state index contributed by atoms with van der Waals surface area (Å²) in [4.78, 5) is 11.9. The van der Waals surface area contributed by atoms with Gasteiger partial charge in [-0.15, -0.1) is 0 Å². The van der Waals surface area contributed by atoms with Crippen LogP contribution in [0.1, 0.15) is 18.1 Å². The molecule has 0 aromatic heterocycles. The number of carbonyl (C=O) groups is 1. The number of benzene rings is 2. The van der Waals surface area contributed by atoms with Gasteiger partial charge in [0.25, 0.3) is 0 Å². The van der Waals surface area contributed by atoms with Gasteiger partial charge in [0.2, 0.25) is 0 Å². The molecule has 6 nitrogen and oxygen atoms in total. The van der Waals surface area contributed by atoms with E-state index in [1.54, 1.807) is 21.1 Å². The Morgan fingerprint density at radius 1 is 0.926 bits per heavy atom. The van der Waals surface area contributed by atoms with Gasteiger partial charge in [-0.2, -0.15) is 0 Å². The second-order valence-corrected chi connectivity index (χ2v) is 6.73. The molecule has 2 amide bonds. The summed E-state index contributed by atoms with van der Waals surface area (Å²) >= 11 is 0. The fourth-order valence-corrected chi connectivity index (χ4v) is 2.69. The van der Waals surface area contributed by atoms with Crippen molar-refractivity contribution in [2.45, 2.75) is 25.4 Å². The summed E-state index contributed by atoms with van der Waals surface area (Å²) in [5.74, 6) is 1.58. The van der Waals surface area contributed by atoms with Gasteiger partial charge in [0, 0.05) is 19.5 Å². The molecule has 0 bridgehead atoms. The summed E-state index contributed by atoms with van der Waals surface area (Å²) in [5.41, 5.74) is 1.05. The standard InChI is InChI=1S/C21H28N2O4/c1-21(25,14-17-6-10-19(27-3)11-7-17)15-23-20(24)22-13-12-16-4-8-18(26-2)9-5-16/h4-11,25H,12-15H2,1-3H3,(H2,22,23,24). The molecule has 2 aromatic carbocycles. The second kappa shape index (κ2) is 9.83. The smallest absolute Gasteiger partial charge is 0.314 e. The Kier molecular flexibility index (Phi) is 7.49. The lowest BCUT2D eigenvalue weighted by molar-refractivity contribution is 0.0624. The first-order chi connectivity index (χ1) is 12.9. The van der Waals surface area contributed by atoms with E-state index in [1.807, 2.05) is 48.5 Å². The van der Waals surface area contributed by atoms with Crippen molar-refractivity contribution in [2.24, 2.45) is 0 Å². The summed E-state index contributed by atoms with van der Waals surface area (Å²) < 4.78 is 10.2. The lowest BCUT2D eigenvalue weighted by Crippen LogP contribution is -2.46. The van der Waals surface area contributed by atoms with E-state index in [0.29, 0.717) is 13.0 Å². The summed E-state index contributed by atoms with van der Waals surface area (Å²) in [5, 5.41) is 16.0. The quantitative estimate of drug-likeness (QED) is 0.632. The maximum absolute atomic E-state index is 11.9. The third kappa shape index (κ3) is 7.19. The average Bonchev–Trinajstić information content (AvgIpc) is 2.67. The van der Waals surface area contributed by atoms with Crippen LogP contribution >= 0.6 is 0 Å². The van der Waals surface area contributed by atoms with E-state index >= 15 is 0 Å². The van der Waals surface area contributed by atoms with Gasteiger partial charge in [-0.3, -0.25) is 0 Å². The van der Waals surface area contributed by atoms with Crippen molar-refractivity contribution >= 4 is 6.03 Å². The van der Waals surface area contributed by atoms with Gasteiger partial charge in [-0.25, -0.2) is 4.79 Å². The Balaban J connectivity index is 1.71. The van der Waals surface area contributed by atoms with Crippen molar-refractivity contribution in [2.75, 3.05) is 27.3 Å². The minimum Gasteiger partial charge on any atom is -0.497 e. The largest absolute Gasteiger partial charge is 0.497 e. The lowest BCUT2D eigenvalue weighted by Gasteiger charge is -2.24. The minimum atomic E-state index is -1.04. The average molecular weight is 372 g/mol. The van der Waals surface area contributed by atoms with Crippen LogP contribution in [-0.2, 0) is 12.8 Å². The monoisotopic (exact) mass is 372 g/mol. The number of nitrogens with one attached hydrogen (secondary N) is 2. The number of ether oxygens (including phenoxy) is 2. The number of hydrogen-bond acceptors (Lipinski definition) is 4. The first kappa shape index (κ1) is 20.6. The molecule has 0 heterocycles. The van der Waals surface area contributed by atoms with Crippen LogP contribution < -0.4 is 20.1 Å². The highest BCUT2D eigenvalue weighted by Crippen LogP contribution is 2.16. The molecule has 1 unspecified atom stereocenters. The number of carbonyl (C=O) groups excluding carboxylic acids is 1. The minimum absolute atomic E-state index is 0.160. The molecule has 1 atom stereocenters. The third-order valence-corrected chi connectivity index (χ3v) is 4.23. The lowest BCUT2D eigenvalue weighted by atomic mass is 9.96. The summed E-state index contributed by atoms with van der Waals surface area (Å²) in [6.07, 6.45) is 1.16. The SMILES string of the molecule is COc1ccc(CCNC(=O)NCC(C)(O)Cc2ccc(OC)cc2)cc1. The van der Waals surface area contributed by atoms with Crippen LogP contribution in [0.4, 0.5) is 4.79 Å². The molecule has 0 spiro atoms. The number of rotatable bonds is 9. The summed E-state index contributed by atoms with van der Waals surface area (Å²) in [6.45, 7) is 2.38. The van der Waals surface area contributed by atoms with Crippen molar-refractivity contribution in [3.63, 3.8) is 0 Å². The topological polar surface area (TPSA) is 79.8 Å². The predicted molar refractivity (Wildman–Crippen MR) is 105 cm³/mol. The Hall–Kier alpha value is -2.73. The van der Waals surface area contributed by atoms with E-state index in [9.17, 15) is 9.90 Å². The molecule has 27 heavy (non-hydrogen) atoms. The van der Waals surface area contributed by atoms with Crippen molar-refractivity contribution < 1.29 is 19.4 Å². The van der Waals surface area contributed by atoms with Crippen LogP contribution in [0.3, 0.4) is 0 Å². The maximum Gasteiger partial charge on any atom is 0.314 e. The van der Waals surface area contributed by atoms with Gasteiger partial charge in [-0.05, 0) is 48.7 Å². The Bertz CT molecular complexity index is 712. The molecule has 0 saturated heterocycles. The highest BCUT2D eigenvalue weighted by Gasteiger charge is 2.21. The third-order valence-electron chi connectivity index (χ3n) is 4.23. The van der Waals surface area contributed by atoms with Gasteiger partial charge in [0.15, 0.2) is 0 Å². The number of aliphatic hydroxyl groups is 1. The Labute approximate surface area is 160 Å². The van der Waals surface area contributed by atoms with Crippen LogP contribution in [-0.4, -0.2) is 44.0 Å². The maximum atomic E-state index is 11.9. The molecule has 0 aliphatic heterocycles. The van der Waals surface area contributed by atoms with Crippen molar-refractivity contribution in [3.05, 3.63) is 59.7 Å². The fraction of sp³-hybridized carbons (Fsp3) is 0.381. The number of methoxy groups -OCH3 is 2. The highest BCUT2D eigenvalue weighted by molar-refractivity contribution is 5.73. The van der Waals surface area contributed by atoms with Crippen LogP contribution in [0.15, 0.2) is 48.5 Å². The number of amides is 2. The zero-order valence-corrected chi connectivity index (χ0v) is 16.1. The number of urea groups is 1. The molecule has 2 rings (SSSR count). The van der Waals surface area contributed by atoms with Crippen molar-refractivity contribution in [1.29, 1.82) is 0 Å². The van der Waals surface area contributed by atoms with Gasteiger partial charge in [0.05, 0.1) is 19.8 Å². The van der Waals surface area contributed by atoms with E-state index in [1.165, 1.54) is 0 Å². The molecule has 0 aliphatic carbocycles. The molecule has 0 fully saturated rings. The van der Waals surface area contributed by atoms with Gasteiger partial charge >= 0.3 is 6.03 Å². The zero-order valence-electron chi connectivity index (χ0n) is 16.1. The molecule has 146 valence electrons. The molecule has 2 aromatic rings. The van der Waals surface area contributed by atoms with Gasteiger partial charge < -0.3 is 25.2 Å². The van der Waals surface area contributed by atoms with E-state index < -0.39 is 5.60 Å². The fourth-order valence-electron chi connectivity index (χ4n) is 2.69. The van der Waals surface area contributed by atoms with E-state index in [0.717, 1.165) is 29.0 Å². The second-order valence-electron chi connectivity index (χ2n) is 6.73. The molecule has 3 N–H and O–H groups in total. The molecule has 6 heteroatoms. The first-order valence-electron chi connectivity index (χ1n) is 8.92. The van der Waals surface area contributed by atoms with Crippen molar-refractivity contribution in [3.8, 4) is 11.5 Å². The Morgan fingerprint density at radius 2 is 1.44 bits per heavy atom. The van der Waals surface area contributed by atoms with Crippen LogP contribution in [0.25, 0.3) is 0 Å². The molecule has 0 aliphatic rings. The van der Waals surface area contributed by atoms with E-state index in [-0.39, 0.29) is 12.6 Å². The van der Waals surface area contributed by atoms with Crippen LogP contribution in [0.2, 0.25) is 0 Å². The number of hydrogen-bond donors (Lipinski definition) is 3. The first-order valence-corrected chi connectivity index (χ1v) is 8.92. The molecular formula is C21H28N2O4.